The highest BCUT2D eigenvalue weighted by atomic mass is 32.2. The van der Waals surface area contributed by atoms with E-state index in [1.54, 1.807) is 25.8 Å². The number of rotatable bonds is 11. The van der Waals surface area contributed by atoms with Crippen LogP contribution in [0.3, 0.4) is 0 Å². The molecule has 5 nitrogen and oxygen atoms in total. The van der Waals surface area contributed by atoms with Crippen LogP contribution in [0.15, 0.2) is 0 Å². The van der Waals surface area contributed by atoms with Gasteiger partial charge in [0.05, 0.1) is 26.4 Å². The lowest BCUT2D eigenvalue weighted by atomic mass is 10.2. The number of carbonyl (C=O) groups excluding carboxylic acids is 1. The van der Waals surface area contributed by atoms with Crippen LogP contribution in [0.2, 0.25) is 0 Å². The molecular formula is C11H23NO4S. The van der Waals surface area contributed by atoms with Crippen LogP contribution in [-0.2, 0) is 19.0 Å². The molecule has 2 N–H and O–H groups in total. The van der Waals surface area contributed by atoms with E-state index >= 15 is 0 Å². The third-order valence-corrected chi connectivity index (χ3v) is 2.95. The molecule has 0 rings (SSSR count). The zero-order valence-corrected chi connectivity index (χ0v) is 11.5. The van der Waals surface area contributed by atoms with Crippen LogP contribution in [-0.4, -0.2) is 57.1 Å². The lowest BCUT2D eigenvalue weighted by Gasteiger charge is -2.09. The van der Waals surface area contributed by atoms with Crippen LogP contribution in [0.25, 0.3) is 0 Å². The molecule has 0 aliphatic carbocycles. The summed E-state index contributed by atoms with van der Waals surface area (Å²) in [5.41, 5.74) is 5.65. The van der Waals surface area contributed by atoms with Gasteiger partial charge in [-0.1, -0.05) is 0 Å². The van der Waals surface area contributed by atoms with E-state index in [1.165, 1.54) is 0 Å². The largest absolute Gasteiger partial charge is 0.465 e. The number of hydrogen-bond donors (Lipinski definition) is 1. The van der Waals surface area contributed by atoms with Crippen LogP contribution in [0.1, 0.15) is 13.3 Å². The molecule has 1 atom stereocenters. The summed E-state index contributed by atoms with van der Waals surface area (Å²) in [5, 5.41) is 0. The van der Waals surface area contributed by atoms with Crippen LogP contribution in [0, 0.1) is 0 Å². The zero-order valence-electron chi connectivity index (χ0n) is 10.6. The highest BCUT2D eigenvalue weighted by molar-refractivity contribution is 7.99. The summed E-state index contributed by atoms with van der Waals surface area (Å²) in [6.07, 6.45) is 0.640. The Hall–Kier alpha value is -0.300. The van der Waals surface area contributed by atoms with Gasteiger partial charge in [0.1, 0.15) is 6.04 Å². The maximum absolute atomic E-state index is 11.2. The molecular weight excluding hydrogens is 242 g/mol. The van der Waals surface area contributed by atoms with Gasteiger partial charge in [-0.05, 0) is 19.1 Å². The zero-order chi connectivity index (χ0) is 12.9. The Kier molecular flexibility index (Phi) is 12.0. The van der Waals surface area contributed by atoms with E-state index in [0.29, 0.717) is 32.8 Å². The predicted molar refractivity (Wildman–Crippen MR) is 69.2 cm³/mol. The molecule has 0 aliphatic heterocycles. The molecule has 102 valence electrons. The second-order valence-corrected chi connectivity index (χ2v) is 4.59. The van der Waals surface area contributed by atoms with Crippen molar-refractivity contribution < 1.29 is 19.0 Å². The number of thioether (sulfide) groups is 1. The van der Waals surface area contributed by atoms with E-state index in [4.69, 9.17) is 19.9 Å². The Balaban J connectivity index is 3.24. The van der Waals surface area contributed by atoms with Gasteiger partial charge in [-0.15, -0.1) is 0 Å². The normalized spacial score (nSPS) is 12.4. The van der Waals surface area contributed by atoms with Gasteiger partial charge < -0.3 is 19.9 Å². The fraction of sp³-hybridized carbons (Fsp3) is 0.909. The third kappa shape index (κ3) is 10.6. The average molecular weight is 265 g/mol. The number of ether oxygens (including phenoxy) is 3. The smallest absolute Gasteiger partial charge is 0.322 e. The highest BCUT2D eigenvalue weighted by Crippen LogP contribution is 2.04. The first kappa shape index (κ1) is 16.7. The van der Waals surface area contributed by atoms with Crippen molar-refractivity contribution in [3.8, 4) is 0 Å². The molecule has 17 heavy (non-hydrogen) atoms. The van der Waals surface area contributed by atoms with Crippen molar-refractivity contribution in [2.75, 3.05) is 45.0 Å². The highest BCUT2D eigenvalue weighted by Gasteiger charge is 2.13. The lowest BCUT2D eigenvalue weighted by Crippen LogP contribution is -2.32. The minimum atomic E-state index is -0.503. The fourth-order valence-electron chi connectivity index (χ4n) is 1.04. The SMILES string of the molecule is CCOC(=O)C(N)CCSCCOCCOC. The molecule has 0 saturated heterocycles. The second-order valence-electron chi connectivity index (χ2n) is 3.36. The Labute approximate surface area is 107 Å². The summed E-state index contributed by atoms with van der Waals surface area (Å²) in [6, 6.07) is -0.503. The maximum Gasteiger partial charge on any atom is 0.322 e. The molecule has 1 unspecified atom stereocenters. The lowest BCUT2D eigenvalue weighted by molar-refractivity contribution is -0.144. The maximum atomic E-state index is 11.2. The monoisotopic (exact) mass is 265 g/mol. The van der Waals surface area contributed by atoms with Crippen molar-refractivity contribution in [1.82, 2.24) is 0 Å². The first-order valence-corrected chi connectivity index (χ1v) is 6.94. The van der Waals surface area contributed by atoms with Gasteiger partial charge in [0.15, 0.2) is 0 Å². The molecule has 0 heterocycles. The van der Waals surface area contributed by atoms with E-state index in [9.17, 15) is 4.79 Å². The predicted octanol–water partition coefficient (Wildman–Crippen LogP) is 0.663. The van der Waals surface area contributed by atoms with E-state index < -0.39 is 6.04 Å². The van der Waals surface area contributed by atoms with Crippen molar-refractivity contribution in [3.63, 3.8) is 0 Å². The van der Waals surface area contributed by atoms with Crippen molar-refractivity contribution >= 4 is 17.7 Å². The molecule has 0 fully saturated rings. The summed E-state index contributed by atoms with van der Waals surface area (Å²) in [4.78, 5) is 11.2. The Morgan fingerprint density at radius 2 is 2.06 bits per heavy atom. The molecule has 0 saturated carbocycles. The summed E-state index contributed by atoms with van der Waals surface area (Å²) in [5.74, 6) is 1.43. The Morgan fingerprint density at radius 3 is 2.71 bits per heavy atom. The quantitative estimate of drug-likeness (QED) is 0.437. The van der Waals surface area contributed by atoms with Gasteiger partial charge in [0.2, 0.25) is 0 Å². The van der Waals surface area contributed by atoms with E-state index in [-0.39, 0.29) is 5.97 Å². The number of hydrogen-bond acceptors (Lipinski definition) is 6. The van der Waals surface area contributed by atoms with Gasteiger partial charge in [-0.2, -0.15) is 11.8 Å². The Morgan fingerprint density at radius 1 is 1.29 bits per heavy atom. The molecule has 0 bridgehead atoms. The summed E-state index contributed by atoms with van der Waals surface area (Å²) >= 11 is 1.72. The molecule has 0 amide bonds. The van der Waals surface area contributed by atoms with Gasteiger partial charge in [-0.25, -0.2) is 0 Å². The van der Waals surface area contributed by atoms with E-state index in [2.05, 4.69) is 0 Å². The number of carbonyl (C=O) groups is 1. The number of nitrogens with two attached hydrogens (primary N) is 1. The number of methoxy groups -OCH3 is 1. The van der Waals surface area contributed by atoms with Crippen molar-refractivity contribution in [3.05, 3.63) is 0 Å². The summed E-state index contributed by atoms with van der Waals surface area (Å²) in [6.45, 7) is 4.10. The van der Waals surface area contributed by atoms with Crippen LogP contribution in [0.5, 0.6) is 0 Å². The summed E-state index contributed by atoms with van der Waals surface area (Å²) in [7, 11) is 1.65. The van der Waals surface area contributed by atoms with E-state index in [1.807, 2.05) is 0 Å². The number of esters is 1. The van der Waals surface area contributed by atoms with Crippen LogP contribution in [0.4, 0.5) is 0 Å². The fourth-order valence-corrected chi connectivity index (χ4v) is 1.90. The molecule has 0 aliphatic rings. The molecule has 0 aromatic carbocycles. The third-order valence-electron chi connectivity index (χ3n) is 1.97. The second kappa shape index (κ2) is 12.2. The molecule has 0 spiro atoms. The molecule has 0 aromatic heterocycles. The van der Waals surface area contributed by atoms with Crippen molar-refractivity contribution in [2.24, 2.45) is 5.73 Å². The van der Waals surface area contributed by atoms with Crippen molar-refractivity contribution in [1.29, 1.82) is 0 Å². The van der Waals surface area contributed by atoms with E-state index in [0.717, 1.165) is 11.5 Å². The average Bonchev–Trinajstić information content (AvgIpc) is 2.32. The first-order chi connectivity index (χ1) is 8.22. The van der Waals surface area contributed by atoms with Gasteiger partial charge in [-0.3, -0.25) is 4.79 Å². The van der Waals surface area contributed by atoms with Crippen LogP contribution < -0.4 is 5.73 Å². The molecule has 0 aromatic rings. The standard InChI is InChI=1S/C11H23NO4S/c1-3-16-11(13)10(12)4-8-17-9-7-15-6-5-14-2/h10H,3-9,12H2,1-2H3. The minimum Gasteiger partial charge on any atom is -0.465 e. The summed E-state index contributed by atoms with van der Waals surface area (Å²) < 4.78 is 15.0. The van der Waals surface area contributed by atoms with Crippen molar-refractivity contribution in [2.45, 2.75) is 19.4 Å². The Bertz CT molecular complexity index is 192. The first-order valence-electron chi connectivity index (χ1n) is 5.79. The van der Waals surface area contributed by atoms with Gasteiger partial charge >= 0.3 is 5.97 Å². The van der Waals surface area contributed by atoms with Crippen LogP contribution >= 0.6 is 11.8 Å². The topological polar surface area (TPSA) is 70.8 Å². The van der Waals surface area contributed by atoms with Gasteiger partial charge in [0, 0.05) is 12.9 Å². The van der Waals surface area contributed by atoms with Gasteiger partial charge in [0.25, 0.3) is 0 Å². The minimum absolute atomic E-state index is 0.315. The molecule has 6 heteroatoms. The molecule has 0 radical (unpaired) electrons.